The molecule has 0 radical (unpaired) electrons. The van der Waals surface area contributed by atoms with E-state index in [0.29, 0.717) is 19.1 Å². The molecule has 3 heterocycles. The molecule has 0 atom stereocenters. The van der Waals surface area contributed by atoms with E-state index in [2.05, 4.69) is 0 Å². The normalized spacial score (nSPS) is 24.7. The van der Waals surface area contributed by atoms with Crippen LogP contribution in [-0.2, 0) is 4.74 Å². The second-order valence-corrected chi connectivity index (χ2v) is 7.76. The van der Waals surface area contributed by atoms with E-state index in [0.717, 1.165) is 23.5 Å². The van der Waals surface area contributed by atoms with Gasteiger partial charge in [0.2, 0.25) is 0 Å². The number of rotatable bonds is 2. The molecule has 0 unspecified atom stereocenters. The Labute approximate surface area is 129 Å². The summed E-state index contributed by atoms with van der Waals surface area (Å²) >= 11 is 1.64. The van der Waals surface area contributed by atoms with Crippen LogP contribution in [0.25, 0.3) is 0 Å². The number of carbonyl (C=O) groups excluding carboxylic acids is 1. The van der Waals surface area contributed by atoms with Gasteiger partial charge in [0.05, 0.1) is 29.5 Å². The summed E-state index contributed by atoms with van der Waals surface area (Å²) in [5.41, 5.74) is 0.950. The van der Waals surface area contributed by atoms with Crippen LogP contribution in [-0.4, -0.2) is 41.1 Å². The van der Waals surface area contributed by atoms with Crippen molar-refractivity contribution in [1.82, 2.24) is 9.88 Å². The van der Waals surface area contributed by atoms with Crippen LogP contribution in [0.4, 0.5) is 0 Å². The first-order valence-corrected chi connectivity index (χ1v) is 8.88. The van der Waals surface area contributed by atoms with Gasteiger partial charge in [0.25, 0.3) is 5.91 Å². The van der Waals surface area contributed by atoms with Gasteiger partial charge < -0.3 is 9.64 Å². The van der Waals surface area contributed by atoms with Gasteiger partial charge in [-0.3, -0.25) is 4.79 Å². The highest BCUT2D eigenvalue weighted by Crippen LogP contribution is 2.41. The molecule has 4 rings (SSSR count). The topological polar surface area (TPSA) is 42.4 Å². The third-order valence-electron chi connectivity index (χ3n) is 5.32. The summed E-state index contributed by atoms with van der Waals surface area (Å²) in [6.45, 7) is 4.29. The zero-order chi connectivity index (χ0) is 14.4. The zero-order valence-electron chi connectivity index (χ0n) is 12.6. The van der Waals surface area contributed by atoms with Gasteiger partial charge in [0.15, 0.2) is 0 Å². The van der Waals surface area contributed by atoms with Gasteiger partial charge in [-0.05, 0) is 26.2 Å². The summed E-state index contributed by atoms with van der Waals surface area (Å²) in [5, 5.41) is 1.19. The minimum atomic E-state index is 0.0263. The minimum absolute atomic E-state index is 0.0263. The molecule has 5 heteroatoms. The summed E-state index contributed by atoms with van der Waals surface area (Å²) in [6.07, 6.45) is 7.53. The molecule has 2 saturated heterocycles. The van der Waals surface area contributed by atoms with Crippen LogP contribution in [0.5, 0.6) is 0 Å². The molecule has 0 aromatic carbocycles. The first-order chi connectivity index (χ1) is 10.2. The lowest BCUT2D eigenvalue weighted by Crippen LogP contribution is -2.72. The Bertz CT molecular complexity index is 553. The van der Waals surface area contributed by atoms with Gasteiger partial charge in [0, 0.05) is 12.5 Å². The number of amides is 1. The maximum atomic E-state index is 12.8. The van der Waals surface area contributed by atoms with Crippen molar-refractivity contribution in [1.29, 1.82) is 0 Å². The Hall–Kier alpha value is -0.940. The van der Waals surface area contributed by atoms with E-state index >= 15 is 0 Å². The number of aromatic nitrogens is 1. The molecule has 2 aliphatic heterocycles. The van der Waals surface area contributed by atoms with Crippen molar-refractivity contribution in [2.75, 3.05) is 19.8 Å². The van der Waals surface area contributed by atoms with E-state index in [4.69, 9.17) is 9.72 Å². The molecule has 1 spiro atoms. The number of ether oxygens (including phenoxy) is 1. The third-order valence-corrected chi connectivity index (χ3v) is 6.63. The molecule has 1 saturated carbocycles. The minimum Gasteiger partial charge on any atom is -0.376 e. The molecular weight excluding hydrogens is 284 g/mol. The highest BCUT2D eigenvalue weighted by atomic mass is 32.1. The van der Waals surface area contributed by atoms with Crippen LogP contribution < -0.4 is 0 Å². The number of nitrogens with zero attached hydrogens (tertiary/aromatic N) is 2. The molecule has 3 aliphatic rings. The first kappa shape index (κ1) is 13.7. The van der Waals surface area contributed by atoms with E-state index in [1.54, 1.807) is 11.3 Å². The summed E-state index contributed by atoms with van der Waals surface area (Å²) in [5.74, 6) is 0.767. The molecule has 21 heavy (non-hydrogen) atoms. The SMILES string of the molecule is Cc1nc(C2CCCCC2)sc1C(=O)N1CCC12COC2. The Morgan fingerprint density at radius 2 is 2.10 bits per heavy atom. The maximum Gasteiger partial charge on any atom is 0.266 e. The van der Waals surface area contributed by atoms with Gasteiger partial charge in [0.1, 0.15) is 4.88 Å². The summed E-state index contributed by atoms with van der Waals surface area (Å²) in [7, 11) is 0. The predicted molar refractivity (Wildman–Crippen MR) is 81.9 cm³/mol. The Morgan fingerprint density at radius 1 is 1.33 bits per heavy atom. The van der Waals surface area contributed by atoms with E-state index in [1.807, 2.05) is 11.8 Å². The van der Waals surface area contributed by atoms with Crippen molar-refractivity contribution >= 4 is 17.2 Å². The third kappa shape index (κ3) is 2.13. The zero-order valence-corrected chi connectivity index (χ0v) is 13.4. The lowest BCUT2D eigenvalue weighted by molar-refractivity contribution is -0.172. The molecule has 114 valence electrons. The summed E-state index contributed by atoms with van der Waals surface area (Å²) in [6, 6.07) is 0. The molecule has 1 amide bonds. The standard InChI is InChI=1S/C16H22N2O2S/c1-11-13(15(19)18-8-7-16(18)9-20-10-16)21-14(17-11)12-5-3-2-4-6-12/h12H,2-10H2,1H3. The Balaban J connectivity index is 1.54. The highest BCUT2D eigenvalue weighted by Gasteiger charge is 2.53. The van der Waals surface area contributed by atoms with Crippen molar-refractivity contribution in [3.63, 3.8) is 0 Å². The average molecular weight is 306 g/mol. The van der Waals surface area contributed by atoms with E-state index in [9.17, 15) is 4.79 Å². The van der Waals surface area contributed by atoms with Crippen LogP contribution in [0, 0.1) is 6.92 Å². The van der Waals surface area contributed by atoms with Crippen LogP contribution >= 0.6 is 11.3 Å². The highest BCUT2D eigenvalue weighted by molar-refractivity contribution is 7.13. The predicted octanol–water partition coefficient (Wildman–Crippen LogP) is 3.11. The summed E-state index contributed by atoms with van der Waals surface area (Å²) < 4.78 is 5.32. The fourth-order valence-electron chi connectivity index (χ4n) is 3.76. The number of likely N-dealkylation sites (tertiary alicyclic amines) is 1. The van der Waals surface area contributed by atoms with Gasteiger partial charge in [-0.25, -0.2) is 4.98 Å². The molecule has 1 aromatic heterocycles. The van der Waals surface area contributed by atoms with Crippen molar-refractivity contribution in [2.24, 2.45) is 0 Å². The van der Waals surface area contributed by atoms with Crippen LogP contribution in [0.15, 0.2) is 0 Å². The Morgan fingerprint density at radius 3 is 2.67 bits per heavy atom. The van der Waals surface area contributed by atoms with Crippen molar-refractivity contribution in [2.45, 2.75) is 56.9 Å². The number of aryl methyl sites for hydroxylation is 1. The van der Waals surface area contributed by atoms with E-state index in [-0.39, 0.29) is 11.4 Å². The molecular formula is C16H22N2O2S. The molecule has 0 bridgehead atoms. The van der Waals surface area contributed by atoms with Gasteiger partial charge in [-0.1, -0.05) is 19.3 Å². The molecule has 4 nitrogen and oxygen atoms in total. The van der Waals surface area contributed by atoms with Crippen LogP contribution in [0.3, 0.4) is 0 Å². The van der Waals surface area contributed by atoms with Gasteiger partial charge in [-0.15, -0.1) is 11.3 Å². The summed E-state index contributed by atoms with van der Waals surface area (Å²) in [4.78, 5) is 20.4. The van der Waals surface area contributed by atoms with Crippen molar-refractivity contribution in [3.05, 3.63) is 15.6 Å². The Kier molecular flexibility index (Phi) is 3.30. The molecule has 0 N–H and O–H groups in total. The maximum absolute atomic E-state index is 12.8. The number of hydrogen-bond donors (Lipinski definition) is 0. The fourth-order valence-corrected chi connectivity index (χ4v) is 4.94. The smallest absolute Gasteiger partial charge is 0.266 e. The molecule has 1 aliphatic carbocycles. The monoisotopic (exact) mass is 306 g/mol. The lowest BCUT2D eigenvalue weighted by Gasteiger charge is -2.57. The number of carbonyl (C=O) groups is 1. The second kappa shape index (κ2) is 5.06. The number of hydrogen-bond acceptors (Lipinski definition) is 4. The average Bonchev–Trinajstić information content (AvgIpc) is 2.79. The van der Waals surface area contributed by atoms with Crippen molar-refractivity contribution in [3.8, 4) is 0 Å². The van der Waals surface area contributed by atoms with E-state index < -0.39 is 0 Å². The quantitative estimate of drug-likeness (QED) is 0.843. The first-order valence-electron chi connectivity index (χ1n) is 8.07. The van der Waals surface area contributed by atoms with Gasteiger partial charge in [-0.2, -0.15) is 0 Å². The second-order valence-electron chi connectivity index (χ2n) is 6.73. The lowest BCUT2D eigenvalue weighted by atomic mass is 9.82. The van der Waals surface area contributed by atoms with Crippen molar-refractivity contribution < 1.29 is 9.53 Å². The van der Waals surface area contributed by atoms with Crippen LogP contribution in [0.2, 0.25) is 0 Å². The van der Waals surface area contributed by atoms with E-state index in [1.165, 1.54) is 37.1 Å². The van der Waals surface area contributed by atoms with Gasteiger partial charge >= 0.3 is 0 Å². The largest absolute Gasteiger partial charge is 0.376 e. The number of thiazole rings is 1. The molecule has 1 aromatic rings. The fraction of sp³-hybridized carbons (Fsp3) is 0.750. The van der Waals surface area contributed by atoms with Crippen LogP contribution in [0.1, 0.15) is 64.8 Å². The molecule has 3 fully saturated rings.